The molecule has 7 nitrogen and oxygen atoms in total. The van der Waals surface area contributed by atoms with Gasteiger partial charge in [0.15, 0.2) is 9.84 Å². The van der Waals surface area contributed by atoms with Crippen molar-refractivity contribution in [3.05, 3.63) is 53.6 Å². The Hall–Kier alpha value is -2.65. The lowest BCUT2D eigenvalue weighted by molar-refractivity contribution is -0.0272. The molecule has 0 aromatic heterocycles. The van der Waals surface area contributed by atoms with Gasteiger partial charge in [0, 0.05) is 39.0 Å². The average molecular weight is 587 g/mol. The van der Waals surface area contributed by atoms with Crippen LogP contribution in [-0.4, -0.2) is 80.2 Å². The molecular formula is C32H43FN2O5S. The van der Waals surface area contributed by atoms with Crippen LogP contribution in [0.4, 0.5) is 9.18 Å². The molecule has 9 heteroatoms. The minimum absolute atomic E-state index is 0.00343. The highest BCUT2D eigenvalue weighted by atomic mass is 32.2. The molecule has 224 valence electrons. The number of hydrogen-bond donors (Lipinski definition) is 0. The summed E-state index contributed by atoms with van der Waals surface area (Å²) in [5, 5.41) is 0. The van der Waals surface area contributed by atoms with E-state index in [4.69, 9.17) is 9.47 Å². The number of fused-ring (bicyclic) bond motifs is 1. The number of carbonyl (C=O) groups is 1. The molecule has 0 bridgehead atoms. The zero-order valence-corrected chi connectivity index (χ0v) is 25.3. The van der Waals surface area contributed by atoms with Crippen LogP contribution >= 0.6 is 0 Å². The average Bonchev–Trinajstić information content (AvgIpc) is 3.32. The first-order chi connectivity index (χ1) is 19.4. The number of rotatable bonds is 7. The molecule has 3 aliphatic heterocycles. The van der Waals surface area contributed by atoms with Crippen molar-refractivity contribution >= 4 is 15.9 Å². The molecular weight excluding hydrogens is 543 g/mol. The van der Waals surface area contributed by atoms with Crippen LogP contribution in [0.1, 0.15) is 64.0 Å². The van der Waals surface area contributed by atoms with Gasteiger partial charge in [-0.2, -0.15) is 0 Å². The van der Waals surface area contributed by atoms with Gasteiger partial charge in [-0.05, 0) is 87.4 Å². The molecule has 1 amide bonds. The topological polar surface area (TPSA) is 76.2 Å². The number of sulfone groups is 1. The minimum atomic E-state index is -3.26. The molecule has 0 unspecified atom stereocenters. The van der Waals surface area contributed by atoms with Gasteiger partial charge in [-0.3, -0.25) is 0 Å². The Morgan fingerprint density at radius 2 is 1.83 bits per heavy atom. The van der Waals surface area contributed by atoms with Gasteiger partial charge in [-0.1, -0.05) is 30.3 Å². The monoisotopic (exact) mass is 586 g/mol. The molecule has 0 radical (unpaired) electrons. The van der Waals surface area contributed by atoms with E-state index in [9.17, 15) is 17.6 Å². The summed E-state index contributed by atoms with van der Waals surface area (Å²) in [7, 11) is -3.26. The largest absolute Gasteiger partial charge is 0.487 e. The van der Waals surface area contributed by atoms with Crippen molar-refractivity contribution in [2.45, 2.75) is 82.4 Å². The highest BCUT2D eigenvalue weighted by molar-refractivity contribution is 7.90. The normalized spacial score (nSPS) is 21.0. The van der Waals surface area contributed by atoms with Crippen molar-refractivity contribution in [3.63, 3.8) is 0 Å². The first kappa shape index (κ1) is 29.8. The van der Waals surface area contributed by atoms with Crippen molar-refractivity contribution in [1.29, 1.82) is 0 Å². The number of hydrogen-bond acceptors (Lipinski definition) is 6. The maximum absolute atomic E-state index is 13.4. The van der Waals surface area contributed by atoms with Crippen LogP contribution in [0.5, 0.6) is 5.75 Å². The predicted molar refractivity (Wildman–Crippen MR) is 159 cm³/mol. The Kier molecular flexibility index (Phi) is 8.67. The fourth-order valence-electron chi connectivity index (χ4n) is 6.14. The Balaban J connectivity index is 1.18. The third kappa shape index (κ3) is 7.80. The number of ether oxygens (including phenoxy) is 2. The van der Waals surface area contributed by atoms with Gasteiger partial charge in [0.05, 0.1) is 11.5 Å². The molecule has 0 saturated carbocycles. The number of aryl methyl sites for hydroxylation is 1. The summed E-state index contributed by atoms with van der Waals surface area (Å²) in [4.78, 5) is 16.3. The summed E-state index contributed by atoms with van der Waals surface area (Å²) in [5.74, 6) is 1.00. The van der Waals surface area contributed by atoms with Crippen LogP contribution in [0.2, 0.25) is 0 Å². The van der Waals surface area contributed by atoms with Crippen molar-refractivity contribution in [3.8, 4) is 16.9 Å². The number of amides is 1. The summed E-state index contributed by atoms with van der Waals surface area (Å²) < 4.78 is 51.1. The molecule has 1 spiro atoms. The number of benzene rings is 2. The van der Waals surface area contributed by atoms with Gasteiger partial charge in [0.2, 0.25) is 0 Å². The first-order valence-corrected chi connectivity index (χ1v) is 16.7. The van der Waals surface area contributed by atoms with Crippen molar-refractivity contribution in [2.24, 2.45) is 0 Å². The van der Waals surface area contributed by atoms with Crippen molar-refractivity contribution in [1.82, 2.24) is 9.80 Å². The van der Waals surface area contributed by atoms with E-state index >= 15 is 0 Å². The van der Waals surface area contributed by atoms with E-state index in [0.717, 1.165) is 53.7 Å². The Morgan fingerprint density at radius 3 is 2.54 bits per heavy atom. The SMILES string of the molecule is CC(C)(C)OC(=O)N1CCC2(CCc3cc(-c4cccc(CS(=O)(=O)CCCN5CC[C@@H](F)C5)c4)ccc3O2)CC1. The second-order valence-electron chi connectivity index (χ2n) is 12.9. The van der Waals surface area contributed by atoms with E-state index in [2.05, 4.69) is 6.07 Å². The number of alkyl halides is 1. The van der Waals surface area contributed by atoms with Crippen molar-refractivity contribution < 1.29 is 27.1 Å². The summed E-state index contributed by atoms with van der Waals surface area (Å²) in [6, 6.07) is 14.0. The van der Waals surface area contributed by atoms with E-state index in [1.54, 1.807) is 4.90 Å². The van der Waals surface area contributed by atoms with Crippen LogP contribution in [0.25, 0.3) is 11.1 Å². The van der Waals surface area contributed by atoms with E-state index in [-0.39, 0.29) is 23.2 Å². The lowest BCUT2D eigenvalue weighted by atomic mass is 9.82. The van der Waals surface area contributed by atoms with E-state index in [0.29, 0.717) is 45.6 Å². The van der Waals surface area contributed by atoms with Gasteiger partial charge in [0.1, 0.15) is 23.1 Å². The Bertz CT molecular complexity index is 1350. The summed E-state index contributed by atoms with van der Waals surface area (Å²) >= 11 is 0. The fraction of sp³-hybridized carbons (Fsp3) is 0.594. The Morgan fingerprint density at radius 1 is 1.07 bits per heavy atom. The molecule has 2 aromatic carbocycles. The number of piperidine rings is 1. The second-order valence-corrected chi connectivity index (χ2v) is 15.1. The van der Waals surface area contributed by atoms with Crippen LogP contribution in [-0.2, 0) is 26.7 Å². The lowest BCUT2D eigenvalue weighted by Gasteiger charge is -2.44. The number of halogens is 1. The highest BCUT2D eigenvalue weighted by Crippen LogP contribution is 2.41. The summed E-state index contributed by atoms with van der Waals surface area (Å²) in [6.45, 7) is 8.64. The van der Waals surface area contributed by atoms with Crippen molar-refractivity contribution in [2.75, 3.05) is 38.5 Å². The maximum atomic E-state index is 13.4. The molecule has 3 heterocycles. The standard InChI is InChI=1S/C32H43FN2O5S/c1-31(2,3)40-30(36)35-17-13-32(14-18-35)12-10-27-21-26(8-9-29(27)39-32)25-7-4-6-24(20-25)23-41(37,38)19-5-15-34-16-11-28(33)22-34/h4,6-9,20-21,28H,5,10-19,22-23H2,1-3H3/t28-/m1/s1. The second kappa shape index (κ2) is 11.9. The molecule has 0 aliphatic carbocycles. The van der Waals surface area contributed by atoms with Crippen LogP contribution in [0.3, 0.4) is 0 Å². The molecule has 2 fully saturated rings. The third-order valence-corrected chi connectivity index (χ3v) is 10.0. The van der Waals surface area contributed by atoms with E-state index in [1.165, 1.54) is 0 Å². The van der Waals surface area contributed by atoms with Gasteiger partial charge < -0.3 is 19.3 Å². The summed E-state index contributed by atoms with van der Waals surface area (Å²) in [5.41, 5.74) is 3.18. The molecule has 1 atom stereocenters. The quantitative estimate of drug-likeness (QED) is 0.409. The van der Waals surface area contributed by atoms with Crippen LogP contribution in [0.15, 0.2) is 42.5 Å². The number of likely N-dealkylation sites (tertiary alicyclic amines) is 2. The lowest BCUT2D eigenvalue weighted by Crippen LogP contribution is -2.52. The van der Waals surface area contributed by atoms with Gasteiger partial charge >= 0.3 is 6.09 Å². The van der Waals surface area contributed by atoms with E-state index in [1.807, 2.05) is 62.1 Å². The first-order valence-electron chi connectivity index (χ1n) is 14.8. The molecule has 3 aliphatic rings. The van der Waals surface area contributed by atoms with Gasteiger partial charge in [-0.15, -0.1) is 0 Å². The predicted octanol–water partition coefficient (Wildman–Crippen LogP) is 5.80. The minimum Gasteiger partial charge on any atom is -0.487 e. The van der Waals surface area contributed by atoms with Gasteiger partial charge in [-0.25, -0.2) is 17.6 Å². The molecule has 5 rings (SSSR count). The van der Waals surface area contributed by atoms with E-state index < -0.39 is 21.6 Å². The number of carbonyl (C=O) groups excluding carboxylic acids is 1. The molecule has 41 heavy (non-hydrogen) atoms. The zero-order chi connectivity index (χ0) is 29.3. The van der Waals surface area contributed by atoms with Crippen LogP contribution in [0, 0.1) is 0 Å². The molecule has 2 saturated heterocycles. The smallest absolute Gasteiger partial charge is 0.410 e. The highest BCUT2D eigenvalue weighted by Gasteiger charge is 2.41. The number of nitrogens with zero attached hydrogens (tertiary/aromatic N) is 2. The Labute approximate surface area is 243 Å². The molecule has 0 N–H and O–H groups in total. The molecule has 2 aromatic rings. The van der Waals surface area contributed by atoms with Crippen LogP contribution < -0.4 is 4.74 Å². The van der Waals surface area contributed by atoms with Gasteiger partial charge in [0.25, 0.3) is 0 Å². The fourth-order valence-corrected chi connectivity index (χ4v) is 7.54. The third-order valence-electron chi connectivity index (χ3n) is 8.35. The maximum Gasteiger partial charge on any atom is 0.410 e. The summed E-state index contributed by atoms with van der Waals surface area (Å²) in [6.07, 6.45) is 3.37. The zero-order valence-electron chi connectivity index (χ0n) is 24.5.